The molecule has 1 aliphatic rings. The predicted molar refractivity (Wildman–Crippen MR) is 101 cm³/mol. The van der Waals surface area contributed by atoms with Gasteiger partial charge in [-0.2, -0.15) is 18.3 Å². The average molecular weight is 394 g/mol. The Kier molecular flexibility index (Phi) is 6.07. The number of piperidine rings is 1. The Morgan fingerprint density at radius 1 is 1.18 bits per heavy atom. The van der Waals surface area contributed by atoms with Gasteiger partial charge < -0.3 is 5.32 Å². The van der Waals surface area contributed by atoms with Crippen LogP contribution in [0.4, 0.5) is 18.9 Å². The zero-order chi connectivity index (χ0) is 20.3. The number of anilines is 1. The first-order valence-electron chi connectivity index (χ1n) is 9.41. The van der Waals surface area contributed by atoms with Gasteiger partial charge in [0.15, 0.2) is 0 Å². The minimum Gasteiger partial charge on any atom is -0.325 e. The van der Waals surface area contributed by atoms with E-state index in [9.17, 15) is 18.0 Å². The van der Waals surface area contributed by atoms with Crippen molar-refractivity contribution >= 4 is 11.6 Å². The maximum Gasteiger partial charge on any atom is 0.416 e. The number of nitrogens with one attached hydrogen (secondary N) is 1. The van der Waals surface area contributed by atoms with E-state index in [0.717, 1.165) is 56.0 Å². The molecule has 1 aromatic heterocycles. The van der Waals surface area contributed by atoms with Crippen LogP contribution in [0.2, 0.25) is 0 Å². The number of hydrogen-bond donors (Lipinski definition) is 1. The summed E-state index contributed by atoms with van der Waals surface area (Å²) in [6.07, 6.45) is -2.39. The van der Waals surface area contributed by atoms with Crippen LogP contribution in [-0.4, -0.2) is 40.2 Å². The molecule has 0 unspecified atom stereocenters. The fourth-order valence-electron chi connectivity index (χ4n) is 3.58. The smallest absolute Gasteiger partial charge is 0.325 e. The van der Waals surface area contributed by atoms with Crippen molar-refractivity contribution in [1.29, 1.82) is 0 Å². The number of hydrogen-bond acceptors (Lipinski definition) is 3. The van der Waals surface area contributed by atoms with Gasteiger partial charge in [0.2, 0.25) is 5.91 Å². The summed E-state index contributed by atoms with van der Waals surface area (Å²) in [5, 5.41) is 7.18. The molecule has 1 aliphatic heterocycles. The predicted octanol–water partition coefficient (Wildman–Crippen LogP) is 3.87. The highest BCUT2D eigenvalue weighted by atomic mass is 19.4. The van der Waals surface area contributed by atoms with E-state index < -0.39 is 11.7 Å². The van der Waals surface area contributed by atoms with Crippen LogP contribution >= 0.6 is 0 Å². The number of aryl methyl sites for hydroxylation is 2. The summed E-state index contributed by atoms with van der Waals surface area (Å²) < 4.78 is 39.8. The third-order valence-electron chi connectivity index (χ3n) is 5.10. The molecule has 0 atom stereocenters. The lowest BCUT2D eigenvalue weighted by Crippen LogP contribution is -2.40. The molecule has 8 heteroatoms. The van der Waals surface area contributed by atoms with Crippen molar-refractivity contribution in [2.75, 3.05) is 25.0 Å². The summed E-state index contributed by atoms with van der Waals surface area (Å²) >= 11 is 0. The molecular formula is C20H25F3N4O. The number of carbonyl (C=O) groups excluding carboxylic acids is 1. The Hall–Kier alpha value is -2.35. The second-order valence-electron chi connectivity index (χ2n) is 7.45. The fraction of sp³-hybridized carbons (Fsp3) is 0.500. The van der Waals surface area contributed by atoms with Crippen molar-refractivity contribution in [3.8, 4) is 0 Å². The van der Waals surface area contributed by atoms with Gasteiger partial charge in [-0.05, 0) is 76.0 Å². The molecule has 28 heavy (non-hydrogen) atoms. The maximum atomic E-state index is 12.6. The topological polar surface area (TPSA) is 50.2 Å². The Bertz CT molecular complexity index is 806. The van der Waals surface area contributed by atoms with Crippen LogP contribution < -0.4 is 5.32 Å². The number of benzene rings is 1. The number of aromatic nitrogens is 2. The Labute approximate surface area is 162 Å². The zero-order valence-electron chi connectivity index (χ0n) is 16.1. The normalized spacial score (nSPS) is 16.3. The number of nitrogens with zero attached hydrogens (tertiary/aromatic N) is 3. The highest BCUT2D eigenvalue weighted by Crippen LogP contribution is 2.29. The number of carbonyl (C=O) groups is 1. The molecule has 2 aromatic rings. The van der Waals surface area contributed by atoms with Crippen LogP contribution in [0.1, 0.15) is 29.8 Å². The molecule has 2 heterocycles. The van der Waals surface area contributed by atoms with Crippen LogP contribution in [0, 0.1) is 19.8 Å². The van der Waals surface area contributed by atoms with Crippen molar-refractivity contribution < 1.29 is 18.0 Å². The summed E-state index contributed by atoms with van der Waals surface area (Å²) in [5.74, 6) is 0.323. The molecule has 0 bridgehead atoms. The molecular weight excluding hydrogens is 369 g/mol. The van der Waals surface area contributed by atoms with Gasteiger partial charge in [0.25, 0.3) is 0 Å². The van der Waals surface area contributed by atoms with E-state index in [4.69, 9.17) is 0 Å². The van der Waals surface area contributed by atoms with Crippen LogP contribution in [0.15, 0.2) is 30.3 Å². The van der Waals surface area contributed by atoms with Crippen LogP contribution in [0.5, 0.6) is 0 Å². The highest BCUT2D eigenvalue weighted by molar-refractivity contribution is 5.92. The molecule has 1 fully saturated rings. The van der Waals surface area contributed by atoms with Crippen LogP contribution in [0.25, 0.3) is 0 Å². The minimum atomic E-state index is -4.37. The van der Waals surface area contributed by atoms with Crippen molar-refractivity contribution in [2.24, 2.45) is 5.92 Å². The lowest BCUT2D eigenvalue weighted by molar-refractivity contribution is -0.137. The Balaban J connectivity index is 1.44. The lowest BCUT2D eigenvalue weighted by Gasteiger charge is -2.31. The highest BCUT2D eigenvalue weighted by Gasteiger charge is 2.30. The average Bonchev–Trinajstić information content (AvgIpc) is 2.93. The third kappa shape index (κ3) is 5.34. The molecule has 1 N–H and O–H groups in total. The van der Waals surface area contributed by atoms with Gasteiger partial charge in [-0.25, -0.2) is 0 Å². The van der Waals surface area contributed by atoms with Crippen molar-refractivity contribution in [2.45, 2.75) is 39.4 Å². The second-order valence-corrected chi connectivity index (χ2v) is 7.45. The maximum absolute atomic E-state index is 12.6. The van der Waals surface area contributed by atoms with Gasteiger partial charge in [-0.3, -0.25) is 14.4 Å². The molecule has 3 rings (SSSR count). The summed E-state index contributed by atoms with van der Waals surface area (Å²) in [6.45, 7) is 6.83. The third-order valence-corrected chi connectivity index (χ3v) is 5.10. The molecule has 1 aromatic carbocycles. The van der Waals surface area contributed by atoms with Crippen molar-refractivity contribution in [3.05, 3.63) is 47.3 Å². The number of alkyl halides is 3. The molecule has 0 aliphatic carbocycles. The Morgan fingerprint density at radius 2 is 1.82 bits per heavy atom. The summed E-state index contributed by atoms with van der Waals surface area (Å²) in [6, 6.07) is 6.57. The molecule has 0 spiro atoms. The standard InChI is InChI=1S/C20H25F3N4O/c1-14-11-15(2)27(25-14)12-16-7-9-26(10-8-16)13-19(28)24-18-5-3-17(4-6-18)20(21,22)23/h3-6,11,16H,7-10,12-13H2,1-2H3,(H,24,28). The summed E-state index contributed by atoms with van der Waals surface area (Å²) in [7, 11) is 0. The second kappa shape index (κ2) is 8.34. The first-order valence-corrected chi connectivity index (χ1v) is 9.41. The van der Waals surface area contributed by atoms with Gasteiger partial charge in [0.1, 0.15) is 0 Å². The van der Waals surface area contributed by atoms with Gasteiger partial charge in [0.05, 0.1) is 17.8 Å². The van der Waals surface area contributed by atoms with E-state index in [2.05, 4.69) is 28.3 Å². The molecule has 152 valence electrons. The number of likely N-dealkylation sites (tertiary alicyclic amines) is 1. The molecule has 1 amide bonds. The summed E-state index contributed by atoms with van der Waals surface area (Å²) in [5.41, 5.74) is 1.83. The minimum absolute atomic E-state index is 0.211. The van der Waals surface area contributed by atoms with Crippen molar-refractivity contribution in [3.63, 3.8) is 0 Å². The van der Waals surface area contributed by atoms with Crippen molar-refractivity contribution in [1.82, 2.24) is 14.7 Å². The van der Waals surface area contributed by atoms with E-state index in [1.54, 1.807) is 0 Å². The number of halogens is 3. The van der Waals surface area contributed by atoms with E-state index in [0.29, 0.717) is 11.6 Å². The van der Waals surface area contributed by atoms with E-state index in [1.807, 2.05) is 11.6 Å². The van der Waals surface area contributed by atoms with Gasteiger partial charge in [-0.15, -0.1) is 0 Å². The fourth-order valence-corrected chi connectivity index (χ4v) is 3.58. The molecule has 0 radical (unpaired) electrons. The monoisotopic (exact) mass is 394 g/mol. The lowest BCUT2D eigenvalue weighted by atomic mass is 9.97. The van der Waals surface area contributed by atoms with E-state index >= 15 is 0 Å². The number of amides is 1. The first kappa shape index (κ1) is 20.4. The van der Waals surface area contributed by atoms with Gasteiger partial charge in [-0.1, -0.05) is 0 Å². The largest absolute Gasteiger partial charge is 0.416 e. The van der Waals surface area contributed by atoms with Gasteiger partial charge in [0, 0.05) is 17.9 Å². The summed E-state index contributed by atoms with van der Waals surface area (Å²) in [4.78, 5) is 14.3. The first-order chi connectivity index (χ1) is 13.2. The zero-order valence-corrected chi connectivity index (χ0v) is 16.1. The van der Waals surface area contributed by atoms with E-state index in [1.165, 1.54) is 12.1 Å². The molecule has 0 saturated carbocycles. The Morgan fingerprint density at radius 3 is 2.36 bits per heavy atom. The van der Waals surface area contributed by atoms with E-state index in [-0.39, 0.29) is 12.5 Å². The number of rotatable bonds is 5. The van der Waals surface area contributed by atoms with Crippen LogP contribution in [-0.2, 0) is 17.5 Å². The molecule has 1 saturated heterocycles. The SMILES string of the molecule is Cc1cc(C)n(CC2CCN(CC(=O)Nc3ccc(C(F)(F)F)cc3)CC2)n1. The molecule has 5 nitrogen and oxygen atoms in total. The van der Waals surface area contributed by atoms with Gasteiger partial charge >= 0.3 is 6.18 Å². The van der Waals surface area contributed by atoms with Crippen LogP contribution in [0.3, 0.4) is 0 Å². The quantitative estimate of drug-likeness (QED) is 0.838.